The Hall–Kier alpha value is -1.10. The zero-order valence-corrected chi connectivity index (χ0v) is 12.9. The largest absolute Gasteiger partial charge is 0.369 e. The van der Waals surface area contributed by atoms with Gasteiger partial charge in [-0.3, -0.25) is 14.5 Å². The molecule has 5 heteroatoms. The van der Waals surface area contributed by atoms with Crippen LogP contribution in [0.15, 0.2) is 0 Å². The zero-order valence-electron chi connectivity index (χ0n) is 12.9. The van der Waals surface area contributed by atoms with Crippen molar-refractivity contribution < 1.29 is 9.59 Å². The molecule has 0 aromatic rings. The first kappa shape index (κ1) is 17.0. The molecule has 0 radical (unpaired) electrons. The summed E-state index contributed by atoms with van der Waals surface area (Å²) in [6, 6.07) is 0.427. The van der Waals surface area contributed by atoms with Crippen LogP contribution in [0.1, 0.15) is 58.8 Å². The van der Waals surface area contributed by atoms with Crippen molar-refractivity contribution in [3.8, 4) is 0 Å². The maximum absolute atomic E-state index is 12.1. The summed E-state index contributed by atoms with van der Waals surface area (Å²) in [6.45, 7) is 4.31. The highest BCUT2D eigenvalue weighted by Gasteiger charge is 2.19. The first-order valence-electron chi connectivity index (χ1n) is 7.80. The number of nitrogens with one attached hydrogen (secondary N) is 1. The Bertz CT molecular complexity index is 310. The molecule has 0 atom stereocenters. The highest BCUT2D eigenvalue weighted by Crippen LogP contribution is 2.17. The van der Waals surface area contributed by atoms with Gasteiger partial charge in [0.15, 0.2) is 0 Å². The van der Waals surface area contributed by atoms with Gasteiger partial charge in [-0.25, -0.2) is 0 Å². The molecule has 20 heavy (non-hydrogen) atoms. The monoisotopic (exact) mass is 283 g/mol. The van der Waals surface area contributed by atoms with Crippen molar-refractivity contribution in [2.45, 2.75) is 70.9 Å². The fourth-order valence-corrected chi connectivity index (χ4v) is 2.68. The number of carbonyl (C=O) groups is 2. The normalized spacial score (nSPS) is 17.8. The van der Waals surface area contributed by atoms with Gasteiger partial charge in [-0.2, -0.15) is 0 Å². The van der Waals surface area contributed by atoms with Gasteiger partial charge in [0.05, 0.1) is 13.1 Å². The predicted molar refractivity (Wildman–Crippen MR) is 80.2 cm³/mol. The van der Waals surface area contributed by atoms with Crippen LogP contribution in [0.5, 0.6) is 0 Å². The van der Waals surface area contributed by atoms with E-state index in [0.29, 0.717) is 6.04 Å². The van der Waals surface area contributed by atoms with Crippen molar-refractivity contribution in [3.05, 3.63) is 0 Å². The van der Waals surface area contributed by atoms with Crippen LogP contribution in [-0.2, 0) is 9.59 Å². The lowest BCUT2D eigenvalue weighted by Crippen LogP contribution is -2.47. The van der Waals surface area contributed by atoms with Gasteiger partial charge in [-0.15, -0.1) is 0 Å². The van der Waals surface area contributed by atoms with E-state index >= 15 is 0 Å². The summed E-state index contributed by atoms with van der Waals surface area (Å²) in [6.07, 6.45) is 8.39. The van der Waals surface area contributed by atoms with Crippen LogP contribution in [0.3, 0.4) is 0 Å². The highest BCUT2D eigenvalue weighted by atomic mass is 16.2. The number of nitrogens with zero attached hydrogens (tertiary/aromatic N) is 1. The minimum atomic E-state index is -0.391. The summed E-state index contributed by atoms with van der Waals surface area (Å²) in [4.78, 5) is 24.9. The third-order valence-electron chi connectivity index (χ3n) is 3.91. The second-order valence-electron chi connectivity index (χ2n) is 6.07. The molecule has 0 unspecified atom stereocenters. The van der Waals surface area contributed by atoms with Gasteiger partial charge in [0.2, 0.25) is 11.8 Å². The van der Waals surface area contributed by atoms with Gasteiger partial charge in [0, 0.05) is 12.1 Å². The Labute approximate surface area is 122 Å². The molecule has 1 aliphatic carbocycles. The summed E-state index contributed by atoms with van der Waals surface area (Å²) < 4.78 is 0. The number of hydrogen-bond donors (Lipinski definition) is 2. The van der Waals surface area contributed by atoms with Crippen LogP contribution < -0.4 is 11.1 Å². The number of amides is 2. The quantitative estimate of drug-likeness (QED) is 0.774. The lowest BCUT2D eigenvalue weighted by Gasteiger charge is -2.26. The molecule has 0 heterocycles. The molecule has 1 fully saturated rings. The third kappa shape index (κ3) is 6.89. The lowest BCUT2D eigenvalue weighted by atomic mass is 9.97. The van der Waals surface area contributed by atoms with E-state index in [-0.39, 0.29) is 25.0 Å². The molecular formula is C15H29N3O2. The first-order chi connectivity index (χ1) is 9.49. The Balaban J connectivity index is 2.41. The molecule has 2 amide bonds. The molecule has 116 valence electrons. The molecule has 0 spiro atoms. The maximum Gasteiger partial charge on any atom is 0.234 e. The second-order valence-corrected chi connectivity index (χ2v) is 6.07. The summed E-state index contributed by atoms with van der Waals surface area (Å²) in [7, 11) is 0. The van der Waals surface area contributed by atoms with E-state index in [0.717, 1.165) is 12.8 Å². The lowest BCUT2D eigenvalue weighted by molar-refractivity contribution is -0.125. The van der Waals surface area contributed by atoms with Crippen molar-refractivity contribution in [3.63, 3.8) is 0 Å². The average molecular weight is 283 g/mol. The number of carbonyl (C=O) groups excluding carboxylic acids is 2. The van der Waals surface area contributed by atoms with E-state index in [1.807, 2.05) is 13.8 Å². The van der Waals surface area contributed by atoms with Gasteiger partial charge in [0.25, 0.3) is 0 Å². The van der Waals surface area contributed by atoms with Crippen molar-refractivity contribution in [1.29, 1.82) is 0 Å². The Morgan fingerprint density at radius 1 is 1.10 bits per heavy atom. The molecule has 0 saturated heterocycles. The SMILES string of the molecule is CC(C)N(CC(N)=O)CC(=O)NC1CCCCCCC1. The molecule has 1 saturated carbocycles. The van der Waals surface area contributed by atoms with E-state index in [4.69, 9.17) is 5.73 Å². The predicted octanol–water partition coefficient (Wildman–Crippen LogP) is 1.41. The van der Waals surface area contributed by atoms with Gasteiger partial charge < -0.3 is 11.1 Å². The van der Waals surface area contributed by atoms with Crippen LogP contribution in [0.2, 0.25) is 0 Å². The molecule has 0 aliphatic heterocycles. The van der Waals surface area contributed by atoms with E-state index < -0.39 is 5.91 Å². The fraction of sp³-hybridized carbons (Fsp3) is 0.867. The van der Waals surface area contributed by atoms with Crippen LogP contribution >= 0.6 is 0 Å². The molecule has 0 bridgehead atoms. The summed E-state index contributed by atoms with van der Waals surface area (Å²) in [5.74, 6) is -0.386. The number of hydrogen-bond acceptors (Lipinski definition) is 3. The minimum Gasteiger partial charge on any atom is -0.369 e. The van der Waals surface area contributed by atoms with Gasteiger partial charge in [0.1, 0.15) is 0 Å². The second kappa shape index (κ2) is 8.95. The maximum atomic E-state index is 12.1. The number of nitrogens with two attached hydrogens (primary N) is 1. The first-order valence-corrected chi connectivity index (χ1v) is 7.80. The standard InChI is InChI=1S/C15H29N3O2/c1-12(2)18(10-14(16)19)11-15(20)17-13-8-6-4-3-5-7-9-13/h12-13H,3-11H2,1-2H3,(H2,16,19)(H,17,20). The van der Waals surface area contributed by atoms with Gasteiger partial charge in [-0.05, 0) is 26.7 Å². The summed E-state index contributed by atoms with van der Waals surface area (Å²) in [5, 5.41) is 3.11. The van der Waals surface area contributed by atoms with Crippen molar-refractivity contribution >= 4 is 11.8 Å². The summed E-state index contributed by atoms with van der Waals surface area (Å²) >= 11 is 0. The van der Waals surface area contributed by atoms with E-state index in [1.165, 1.54) is 32.1 Å². The molecule has 1 rings (SSSR count). The Morgan fingerprint density at radius 2 is 1.65 bits per heavy atom. The van der Waals surface area contributed by atoms with Crippen molar-refractivity contribution in [1.82, 2.24) is 10.2 Å². The van der Waals surface area contributed by atoms with Crippen LogP contribution in [0.4, 0.5) is 0 Å². The van der Waals surface area contributed by atoms with Crippen LogP contribution in [0.25, 0.3) is 0 Å². The smallest absolute Gasteiger partial charge is 0.234 e. The number of primary amides is 1. The highest BCUT2D eigenvalue weighted by molar-refractivity contribution is 5.80. The summed E-state index contributed by atoms with van der Waals surface area (Å²) in [5.41, 5.74) is 5.22. The van der Waals surface area contributed by atoms with E-state index in [9.17, 15) is 9.59 Å². The third-order valence-corrected chi connectivity index (χ3v) is 3.91. The molecule has 0 aromatic carbocycles. The van der Waals surface area contributed by atoms with E-state index in [2.05, 4.69) is 5.32 Å². The topological polar surface area (TPSA) is 75.4 Å². The Morgan fingerprint density at radius 3 is 2.15 bits per heavy atom. The van der Waals surface area contributed by atoms with Crippen LogP contribution in [0, 0.1) is 0 Å². The van der Waals surface area contributed by atoms with Crippen molar-refractivity contribution in [2.24, 2.45) is 5.73 Å². The molecule has 5 nitrogen and oxygen atoms in total. The molecule has 1 aliphatic rings. The number of rotatable bonds is 6. The minimum absolute atomic E-state index is 0.00511. The average Bonchev–Trinajstić information content (AvgIpc) is 2.31. The van der Waals surface area contributed by atoms with Gasteiger partial charge >= 0.3 is 0 Å². The molecule has 0 aromatic heterocycles. The molecular weight excluding hydrogens is 254 g/mol. The fourth-order valence-electron chi connectivity index (χ4n) is 2.68. The van der Waals surface area contributed by atoms with E-state index in [1.54, 1.807) is 4.90 Å². The van der Waals surface area contributed by atoms with Crippen molar-refractivity contribution in [2.75, 3.05) is 13.1 Å². The van der Waals surface area contributed by atoms with Crippen LogP contribution in [-0.4, -0.2) is 41.9 Å². The Kier molecular flexibility index (Phi) is 7.59. The van der Waals surface area contributed by atoms with Gasteiger partial charge in [-0.1, -0.05) is 32.1 Å². The zero-order chi connectivity index (χ0) is 15.0. The molecule has 3 N–H and O–H groups in total.